The van der Waals surface area contributed by atoms with E-state index in [4.69, 9.17) is 19.9 Å². The molecule has 4 aliphatic heterocycles. The molecule has 8 atom stereocenters. The van der Waals surface area contributed by atoms with Gasteiger partial charge < -0.3 is 29.1 Å². The summed E-state index contributed by atoms with van der Waals surface area (Å²) in [5, 5.41) is 4.66. The van der Waals surface area contributed by atoms with Gasteiger partial charge in [0.2, 0.25) is 0 Å². The summed E-state index contributed by atoms with van der Waals surface area (Å²) >= 11 is 0. The highest BCUT2D eigenvalue weighted by Crippen LogP contribution is 2.57. The van der Waals surface area contributed by atoms with Crippen molar-refractivity contribution >= 4 is 105 Å². The maximum absolute atomic E-state index is 5.57. The van der Waals surface area contributed by atoms with E-state index in [-0.39, 0.29) is 1.43 Å². The van der Waals surface area contributed by atoms with Gasteiger partial charge in [0.15, 0.2) is 0 Å². The predicted octanol–water partition coefficient (Wildman–Crippen LogP) is 20.1. The average molecular weight is 1180 g/mol. The number of hydrogen-bond acceptors (Lipinski definition) is 4. The van der Waals surface area contributed by atoms with E-state index in [9.17, 15) is 0 Å². The second-order valence-corrected chi connectivity index (χ2v) is 26.7. The molecule has 24 bridgehead atoms. The number of H-pyrrole nitrogens is 4. The maximum Gasteiger partial charge on any atom is 0.0737 e. The Hall–Kier alpha value is -9.43. The van der Waals surface area contributed by atoms with Crippen LogP contribution in [0.2, 0.25) is 0 Å². The Kier molecular flexibility index (Phi) is 11.2. The van der Waals surface area contributed by atoms with Crippen molar-refractivity contribution in [1.29, 1.82) is 0 Å². The fraction of sp³-hybridized carbons (Fsp3) is 0.200. The molecule has 10 aromatic rings. The molecule has 0 amide bonds. The summed E-state index contributed by atoms with van der Waals surface area (Å²) in [6.07, 6.45) is 29.7. The topological polar surface area (TPSA) is 115 Å². The first-order chi connectivity index (χ1) is 44.5. The number of benzene rings is 4. The lowest BCUT2D eigenvalue weighted by Gasteiger charge is -2.33. The molecule has 26 rings (SSSR count). The fourth-order valence-electron chi connectivity index (χ4n) is 18.3. The summed E-state index contributed by atoms with van der Waals surface area (Å²) in [4.78, 5) is 37.0. The minimum atomic E-state index is 0. The van der Waals surface area contributed by atoms with Crippen LogP contribution in [0.15, 0.2) is 194 Å². The number of nitrogens with one attached hydrogen (secondary N) is 4. The van der Waals surface area contributed by atoms with Crippen molar-refractivity contribution in [2.45, 2.75) is 75.0 Å². The van der Waals surface area contributed by atoms with Gasteiger partial charge in [-0.3, -0.25) is 0 Å². The van der Waals surface area contributed by atoms with Gasteiger partial charge in [-0.25, -0.2) is 19.9 Å². The van der Waals surface area contributed by atoms with E-state index in [1.165, 1.54) is 129 Å². The van der Waals surface area contributed by atoms with Crippen molar-refractivity contribution in [1.82, 2.24) is 39.9 Å². The predicted molar refractivity (Wildman–Crippen MR) is 374 cm³/mol. The van der Waals surface area contributed by atoms with Crippen LogP contribution in [0.3, 0.4) is 0 Å². The van der Waals surface area contributed by atoms with Crippen molar-refractivity contribution in [2.24, 2.45) is 23.7 Å². The van der Waals surface area contributed by atoms with E-state index in [1.807, 2.05) is 0 Å². The Bertz CT molecular complexity index is 4970. The van der Waals surface area contributed by atoms with Crippen molar-refractivity contribution < 1.29 is 1.43 Å². The maximum atomic E-state index is 5.57. The lowest BCUT2D eigenvalue weighted by molar-refractivity contribution is 0.557. The number of aromatic amines is 4. The molecule has 0 spiro atoms. The zero-order chi connectivity index (χ0) is 59.0. The van der Waals surface area contributed by atoms with Gasteiger partial charge in [0.1, 0.15) is 0 Å². The SMILES string of the molecule is C1=CC2CCC1C1=C2c2cc3[nH]c(cc4[nH]c(cc5nc(cc1n2)C1=C5C2C=CC1CC2)c1c4C2C=CC1CC2)c1c3C2C=CC1CC2.[2HH].[B][PH-].c1ccc2c(c1)-c1cc3[nH]c(cc4nc(cc5[nH]c(cc-2n1)c1ccccc51)-c1ccccc1-4)c1ccccc31. The minimum absolute atomic E-state index is 0. The van der Waals surface area contributed by atoms with Crippen LogP contribution in [-0.2, 0) is 0 Å². The Morgan fingerprint density at radius 3 is 0.778 bits per heavy atom. The van der Waals surface area contributed by atoms with Crippen molar-refractivity contribution in [3.8, 4) is 45.0 Å². The molecule has 16 aliphatic rings. The molecule has 10 heteroatoms. The third kappa shape index (κ3) is 7.53. The number of allylic oxidation sites excluding steroid dienone is 12. The zero-order valence-corrected chi connectivity index (χ0v) is 50.6. The molecule has 12 aliphatic carbocycles. The number of aromatic nitrogens is 8. The Labute approximate surface area is 526 Å². The molecule has 4 aromatic carbocycles. The van der Waals surface area contributed by atoms with Gasteiger partial charge in [0.25, 0.3) is 0 Å². The molecule has 432 valence electrons. The number of fused-ring (bicyclic) bond motifs is 32. The van der Waals surface area contributed by atoms with E-state index in [0.717, 1.165) is 100 Å². The first kappa shape index (κ1) is 51.5. The summed E-state index contributed by atoms with van der Waals surface area (Å²) in [6.45, 7) is 0. The monoisotopic (exact) mass is 1180 g/mol. The molecule has 0 fully saturated rings. The third-order valence-corrected chi connectivity index (χ3v) is 22.1. The van der Waals surface area contributed by atoms with E-state index in [2.05, 4.69) is 231 Å². The quantitative estimate of drug-likeness (QED) is 0.0688. The summed E-state index contributed by atoms with van der Waals surface area (Å²) in [6, 6.07) is 52.5. The summed E-state index contributed by atoms with van der Waals surface area (Å²) in [5.41, 5.74) is 34.4. The van der Waals surface area contributed by atoms with Gasteiger partial charge in [0.05, 0.1) is 45.6 Å². The van der Waals surface area contributed by atoms with Gasteiger partial charge >= 0.3 is 0 Å². The van der Waals surface area contributed by atoms with Crippen LogP contribution in [-0.4, -0.2) is 47.4 Å². The van der Waals surface area contributed by atoms with E-state index < -0.39 is 0 Å². The first-order valence-corrected chi connectivity index (χ1v) is 33.2. The lowest BCUT2D eigenvalue weighted by Crippen LogP contribution is -2.19. The van der Waals surface area contributed by atoms with Crippen LogP contribution in [0.5, 0.6) is 0 Å². The smallest absolute Gasteiger partial charge is 0.0737 e. The largest absolute Gasteiger partial charge is 0.606 e. The molecule has 90 heavy (non-hydrogen) atoms. The molecule has 0 saturated carbocycles. The van der Waals surface area contributed by atoms with E-state index in [1.54, 1.807) is 0 Å². The second kappa shape index (κ2) is 19.5. The van der Waals surface area contributed by atoms with Crippen molar-refractivity contribution in [2.75, 3.05) is 0 Å². The molecule has 6 aromatic heterocycles. The third-order valence-electron chi connectivity index (χ3n) is 22.1. The van der Waals surface area contributed by atoms with Crippen molar-refractivity contribution in [3.63, 3.8) is 0 Å². The van der Waals surface area contributed by atoms with E-state index in [0.29, 0.717) is 47.3 Å². The highest BCUT2D eigenvalue weighted by molar-refractivity contribution is 7.49. The molecule has 8 unspecified atom stereocenters. The Morgan fingerprint density at radius 1 is 0.267 bits per heavy atom. The number of rotatable bonds is 0. The normalized spacial score (nSPS) is 23.3. The van der Waals surface area contributed by atoms with Crippen LogP contribution in [0.4, 0.5) is 0 Å². The average Bonchev–Trinajstić information content (AvgIpc) is 1.69. The highest BCUT2D eigenvalue weighted by atomic mass is 31.0. The highest BCUT2D eigenvalue weighted by Gasteiger charge is 2.42. The number of hydrogen-bond donors (Lipinski definition) is 4. The van der Waals surface area contributed by atoms with Crippen LogP contribution < -0.4 is 0 Å². The fourth-order valence-corrected chi connectivity index (χ4v) is 18.3. The summed E-state index contributed by atoms with van der Waals surface area (Å²) in [5.74, 6) is 3.74. The summed E-state index contributed by atoms with van der Waals surface area (Å²) < 4.78 is 0. The summed E-state index contributed by atoms with van der Waals surface area (Å²) in [7, 11) is 6.78. The van der Waals surface area contributed by atoms with Crippen LogP contribution >= 0.6 is 9.12 Å². The molecular weight excluding hydrogens is 1110 g/mol. The minimum Gasteiger partial charge on any atom is -0.606 e. The second-order valence-electron chi connectivity index (χ2n) is 26.7. The zero-order valence-electron chi connectivity index (χ0n) is 49.6. The van der Waals surface area contributed by atoms with Crippen LogP contribution in [0, 0.1) is 23.7 Å². The van der Waals surface area contributed by atoms with Crippen molar-refractivity contribution in [3.05, 3.63) is 239 Å². The van der Waals surface area contributed by atoms with Gasteiger partial charge in [-0.05, 0) is 144 Å². The van der Waals surface area contributed by atoms with Crippen LogP contribution in [0.1, 0.15) is 121 Å². The van der Waals surface area contributed by atoms with E-state index >= 15 is 0 Å². The van der Waals surface area contributed by atoms with Gasteiger partial charge in [-0.1, -0.05) is 146 Å². The molecule has 2 radical (unpaired) electrons. The first-order valence-electron chi connectivity index (χ1n) is 32.6. The molecule has 10 heterocycles. The lowest BCUT2D eigenvalue weighted by atomic mass is 9.69. The molecule has 0 saturated heterocycles. The molecule has 4 N–H and O–H groups in total. The standard InChI is InChI=1S/C44H38N4.C36H22N4.BHP.H2/c1-2-22-4-3-21(1)37-29-17-31-39-23-5-7-25(8-6-23)41(39)33(46-31)19-35-43-27-13-15-28(16-14-27)44(43)36(48-35)20-34-42-26-11-9-24(10-12-26)40(42)32(47-34)18-30(45-29)38(22)37;1-2-10-22-21(9-1)29-17-31-23-11-3-4-12-24(23)33(38-31)19-35-27-15-7-8-16-28(27)36(40-35)20-34-26-14-6-5-13-25(26)32(39-34)18-30(22)37-29;1-2;/h1-2,5,7,9,11,13,15,17-28,45-46H,3-4,6,8,10,12,14,16H2;1-20,37,40H;2H;1H/q;;-1;/i;;;1+1. The van der Waals surface area contributed by atoms with Gasteiger partial charge in [0, 0.05) is 137 Å². The Morgan fingerprint density at radius 2 is 0.489 bits per heavy atom. The van der Waals surface area contributed by atoms with Gasteiger partial charge in [-0.15, -0.1) is 0 Å². The van der Waals surface area contributed by atoms with Gasteiger partial charge in [-0.2, -0.15) is 7.57 Å². The van der Waals surface area contributed by atoms with Crippen LogP contribution in [0.25, 0.3) is 133 Å². The Balaban J connectivity index is 0.000000128. The number of nitrogens with zero attached hydrogens (tertiary/aromatic N) is 4. The molecular formula is C80H63BN8P-. The molecule has 8 nitrogen and oxygen atoms in total.